The molecule has 1 aromatic carbocycles. The normalized spacial score (nSPS) is 21.2. The monoisotopic (exact) mass is 236 g/mol. The second-order valence-electron chi connectivity index (χ2n) is 4.60. The van der Waals surface area contributed by atoms with E-state index < -0.39 is 0 Å². The molecule has 1 aromatic rings. The van der Waals surface area contributed by atoms with Crippen molar-refractivity contribution in [1.82, 2.24) is 4.90 Å². The Morgan fingerprint density at radius 3 is 3.06 bits per heavy atom. The Balaban J connectivity index is 1.96. The van der Waals surface area contributed by atoms with E-state index in [1.54, 1.807) is 12.1 Å². The van der Waals surface area contributed by atoms with Crippen molar-refractivity contribution in [2.24, 2.45) is 5.92 Å². The molecule has 0 aliphatic carbocycles. The van der Waals surface area contributed by atoms with E-state index >= 15 is 0 Å². The minimum atomic E-state index is -0.330. The van der Waals surface area contributed by atoms with Crippen molar-refractivity contribution < 1.29 is 9.18 Å². The minimum Gasteiger partial charge on any atom is -0.326 e. The van der Waals surface area contributed by atoms with Crippen molar-refractivity contribution in [2.45, 2.75) is 12.8 Å². The number of carbonyl (C=O) groups excluding carboxylic acids is 1. The predicted molar refractivity (Wildman–Crippen MR) is 65.3 cm³/mol. The van der Waals surface area contributed by atoms with Gasteiger partial charge in [-0.25, -0.2) is 4.39 Å². The van der Waals surface area contributed by atoms with E-state index in [2.05, 4.69) is 10.2 Å². The molecule has 1 fully saturated rings. The molecule has 0 bridgehead atoms. The van der Waals surface area contributed by atoms with Gasteiger partial charge in [0.2, 0.25) is 5.91 Å². The highest BCUT2D eigenvalue weighted by molar-refractivity contribution is 5.92. The van der Waals surface area contributed by atoms with Gasteiger partial charge in [0, 0.05) is 12.2 Å². The van der Waals surface area contributed by atoms with Gasteiger partial charge in [0.15, 0.2) is 0 Å². The van der Waals surface area contributed by atoms with E-state index in [-0.39, 0.29) is 17.6 Å². The molecule has 0 aromatic heterocycles. The van der Waals surface area contributed by atoms with Crippen LogP contribution in [0.15, 0.2) is 24.3 Å². The summed E-state index contributed by atoms with van der Waals surface area (Å²) in [5.41, 5.74) is 0.531. The average Bonchev–Trinajstić information content (AvgIpc) is 2.29. The lowest BCUT2D eigenvalue weighted by Crippen LogP contribution is -2.38. The molecule has 17 heavy (non-hydrogen) atoms. The Hall–Kier alpha value is -1.42. The van der Waals surface area contributed by atoms with Crippen LogP contribution in [0.3, 0.4) is 0 Å². The van der Waals surface area contributed by atoms with Crippen LogP contribution in [0.2, 0.25) is 0 Å². The van der Waals surface area contributed by atoms with Gasteiger partial charge >= 0.3 is 0 Å². The number of nitrogens with one attached hydrogen (secondary N) is 1. The molecule has 1 atom stereocenters. The molecule has 3 nitrogen and oxygen atoms in total. The maximum absolute atomic E-state index is 13.0. The summed E-state index contributed by atoms with van der Waals surface area (Å²) in [7, 11) is 2.02. The average molecular weight is 236 g/mol. The van der Waals surface area contributed by atoms with Crippen molar-refractivity contribution in [1.29, 1.82) is 0 Å². The third-order valence-corrected chi connectivity index (χ3v) is 3.09. The highest BCUT2D eigenvalue weighted by Crippen LogP contribution is 2.18. The van der Waals surface area contributed by atoms with Crippen LogP contribution in [-0.2, 0) is 4.79 Å². The number of hydrogen-bond acceptors (Lipinski definition) is 2. The summed E-state index contributed by atoms with van der Waals surface area (Å²) in [6.07, 6.45) is 1.95. The van der Waals surface area contributed by atoms with Gasteiger partial charge in [-0.1, -0.05) is 6.07 Å². The van der Waals surface area contributed by atoms with E-state index in [9.17, 15) is 9.18 Å². The number of rotatable bonds is 2. The van der Waals surface area contributed by atoms with Gasteiger partial charge in [0.1, 0.15) is 5.82 Å². The second kappa shape index (κ2) is 5.27. The molecule has 0 radical (unpaired) electrons. The molecule has 92 valence electrons. The minimum absolute atomic E-state index is 0.0111. The fourth-order valence-electron chi connectivity index (χ4n) is 2.19. The smallest absolute Gasteiger partial charge is 0.228 e. The molecule has 1 aliphatic heterocycles. The van der Waals surface area contributed by atoms with Crippen LogP contribution >= 0.6 is 0 Å². The van der Waals surface area contributed by atoms with Crippen LogP contribution in [0.25, 0.3) is 0 Å². The summed E-state index contributed by atoms with van der Waals surface area (Å²) in [6.45, 7) is 1.82. The van der Waals surface area contributed by atoms with Gasteiger partial charge in [-0.2, -0.15) is 0 Å². The molecule has 4 heteroatoms. The second-order valence-corrected chi connectivity index (χ2v) is 4.60. The summed E-state index contributed by atoms with van der Waals surface area (Å²) in [4.78, 5) is 14.1. The Morgan fingerprint density at radius 2 is 2.35 bits per heavy atom. The highest BCUT2D eigenvalue weighted by Gasteiger charge is 2.23. The number of likely N-dealkylation sites (tertiary alicyclic amines) is 1. The Labute approximate surface area is 101 Å². The number of hydrogen-bond donors (Lipinski definition) is 1. The lowest BCUT2D eigenvalue weighted by Gasteiger charge is -2.28. The number of amides is 1. The first-order chi connectivity index (χ1) is 8.15. The zero-order valence-corrected chi connectivity index (χ0v) is 9.95. The van der Waals surface area contributed by atoms with Crippen molar-refractivity contribution >= 4 is 11.6 Å². The lowest BCUT2D eigenvalue weighted by molar-refractivity contribution is -0.121. The fourth-order valence-corrected chi connectivity index (χ4v) is 2.19. The summed E-state index contributed by atoms with van der Waals surface area (Å²) < 4.78 is 13.0. The maximum Gasteiger partial charge on any atom is 0.228 e. The summed E-state index contributed by atoms with van der Waals surface area (Å²) in [5, 5.41) is 2.77. The number of anilines is 1. The zero-order chi connectivity index (χ0) is 12.3. The van der Waals surface area contributed by atoms with Gasteiger partial charge in [0.25, 0.3) is 0 Å². The number of carbonyl (C=O) groups is 1. The molecule has 1 aliphatic rings. The van der Waals surface area contributed by atoms with Crippen LogP contribution in [-0.4, -0.2) is 30.9 Å². The third kappa shape index (κ3) is 3.27. The molecule has 0 saturated carbocycles. The summed E-state index contributed by atoms with van der Waals surface area (Å²) >= 11 is 0. The number of halogens is 1. The zero-order valence-electron chi connectivity index (χ0n) is 9.95. The first kappa shape index (κ1) is 12.0. The van der Waals surface area contributed by atoms with Crippen LogP contribution in [0.5, 0.6) is 0 Å². The van der Waals surface area contributed by atoms with Crippen molar-refractivity contribution in [3.8, 4) is 0 Å². The fraction of sp³-hybridized carbons (Fsp3) is 0.462. The molecule has 2 rings (SSSR count). The van der Waals surface area contributed by atoms with E-state index in [0.717, 1.165) is 25.9 Å². The van der Waals surface area contributed by atoms with Gasteiger partial charge in [-0.3, -0.25) is 4.79 Å². The number of benzene rings is 1. The van der Waals surface area contributed by atoms with Gasteiger partial charge < -0.3 is 10.2 Å². The SMILES string of the molecule is CN1CCC[C@@H](C(=O)Nc2cccc(F)c2)C1. The lowest BCUT2D eigenvalue weighted by atomic mass is 9.97. The highest BCUT2D eigenvalue weighted by atomic mass is 19.1. The van der Waals surface area contributed by atoms with E-state index in [1.807, 2.05) is 7.05 Å². The van der Waals surface area contributed by atoms with Crippen molar-refractivity contribution in [2.75, 3.05) is 25.5 Å². The van der Waals surface area contributed by atoms with Crippen molar-refractivity contribution in [3.05, 3.63) is 30.1 Å². The van der Waals surface area contributed by atoms with Gasteiger partial charge in [-0.05, 0) is 44.6 Å². The van der Waals surface area contributed by atoms with Gasteiger partial charge in [0.05, 0.1) is 5.92 Å². The standard InChI is InChI=1S/C13H17FN2O/c1-16-7-3-4-10(9-16)13(17)15-12-6-2-5-11(14)8-12/h2,5-6,8,10H,3-4,7,9H2,1H3,(H,15,17)/t10-/m1/s1. The topological polar surface area (TPSA) is 32.3 Å². The first-order valence-electron chi connectivity index (χ1n) is 5.90. The molecule has 1 amide bonds. The number of piperidine rings is 1. The Morgan fingerprint density at radius 1 is 1.53 bits per heavy atom. The molecular formula is C13H17FN2O. The Kier molecular flexibility index (Phi) is 3.74. The molecule has 1 N–H and O–H groups in total. The molecular weight excluding hydrogens is 219 g/mol. The summed E-state index contributed by atoms with van der Waals surface area (Å²) in [5.74, 6) is -0.331. The number of nitrogens with zero attached hydrogens (tertiary/aromatic N) is 1. The molecule has 0 spiro atoms. The molecule has 1 heterocycles. The predicted octanol–water partition coefficient (Wildman–Crippen LogP) is 2.11. The van der Waals surface area contributed by atoms with E-state index in [0.29, 0.717) is 5.69 Å². The quantitative estimate of drug-likeness (QED) is 0.853. The van der Waals surface area contributed by atoms with E-state index in [1.165, 1.54) is 12.1 Å². The van der Waals surface area contributed by atoms with Crippen LogP contribution in [0.1, 0.15) is 12.8 Å². The first-order valence-corrected chi connectivity index (χ1v) is 5.90. The summed E-state index contributed by atoms with van der Waals surface area (Å²) in [6, 6.07) is 6.00. The molecule has 1 saturated heterocycles. The largest absolute Gasteiger partial charge is 0.326 e. The Bertz CT molecular complexity index is 408. The van der Waals surface area contributed by atoms with E-state index in [4.69, 9.17) is 0 Å². The molecule has 0 unspecified atom stereocenters. The third-order valence-electron chi connectivity index (χ3n) is 3.09. The maximum atomic E-state index is 13.0. The van der Waals surface area contributed by atoms with Crippen LogP contribution in [0.4, 0.5) is 10.1 Å². The van der Waals surface area contributed by atoms with Crippen LogP contribution < -0.4 is 5.32 Å². The van der Waals surface area contributed by atoms with Gasteiger partial charge in [-0.15, -0.1) is 0 Å². The van der Waals surface area contributed by atoms with Crippen LogP contribution in [0, 0.1) is 11.7 Å². The van der Waals surface area contributed by atoms with Crippen molar-refractivity contribution in [3.63, 3.8) is 0 Å².